The van der Waals surface area contributed by atoms with Crippen molar-refractivity contribution in [2.45, 2.75) is 26.4 Å². The lowest BCUT2D eigenvalue weighted by molar-refractivity contribution is 0.00764. The molecule has 3 nitrogen and oxygen atoms in total. The van der Waals surface area contributed by atoms with Crippen LogP contribution in [0.3, 0.4) is 0 Å². The molecule has 1 aromatic carbocycles. The van der Waals surface area contributed by atoms with Crippen LogP contribution in [0.4, 0.5) is 10.1 Å². The van der Waals surface area contributed by atoms with Crippen molar-refractivity contribution in [1.82, 2.24) is 0 Å². The van der Waals surface area contributed by atoms with E-state index in [9.17, 15) is 9.18 Å². The van der Waals surface area contributed by atoms with Crippen LogP contribution in [0.25, 0.3) is 10.4 Å². The van der Waals surface area contributed by atoms with Gasteiger partial charge < -0.3 is 10.5 Å². The first-order valence-corrected chi connectivity index (χ1v) is 7.86. The summed E-state index contributed by atoms with van der Waals surface area (Å²) in [5.74, 6) is -0.859. The number of hydrogen-bond acceptors (Lipinski definition) is 4. The van der Waals surface area contributed by atoms with Gasteiger partial charge in [0.05, 0.1) is 5.69 Å². The zero-order chi connectivity index (χ0) is 15.8. The molecule has 2 aromatic rings. The smallest absolute Gasteiger partial charge is 0.350 e. The molecule has 0 unspecified atom stereocenters. The third-order valence-electron chi connectivity index (χ3n) is 2.54. The third kappa shape index (κ3) is 3.83. The number of nitrogens with two attached hydrogens (primary N) is 1. The van der Waals surface area contributed by atoms with Gasteiger partial charge >= 0.3 is 5.97 Å². The Hall–Kier alpha value is -1.40. The molecular formula is C15H15BrFNO2S. The molecule has 0 fully saturated rings. The molecule has 0 bridgehead atoms. The van der Waals surface area contributed by atoms with Crippen LogP contribution in [-0.2, 0) is 4.74 Å². The highest BCUT2D eigenvalue weighted by atomic mass is 79.9. The fraction of sp³-hybridized carbons (Fsp3) is 0.267. The predicted octanol–water partition coefficient (Wildman–Crippen LogP) is 4.85. The van der Waals surface area contributed by atoms with Gasteiger partial charge in [-0.1, -0.05) is 15.9 Å². The normalized spacial score (nSPS) is 11.5. The molecular weight excluding hydrogens is 357 g/mol. The lowest BCUT2D eigenvalue weighted by atomic mass is 10.1. The van der Waals surface area contributed by atoms with E-state index in [2.05, 4.69) is 15.9 Å². The van der Waals surface area contributed by atoms with Crippen LogP contribution in [0.5, 0.6) is 0 Å². The largest absolute Gasteiger partial charge is 0.456 e. The fourth-order valence-corrected chi connectivity index (χ4v) is 3.04. The Labute approximate surface area is 135 Å². The molecule has 0 aliphatic heterocycles. The van der Waals surface area contributed by atoms with Gasteiger partial charge in [0.15, 0.2) is 0 Å². The van der Waals surface area contributed by atoms with Gasteiger partial charge in [-0.25, -0.2) is 9.18 Å². The van der Waals surface area contributed by atoms with Gasteiger partial charge in [-0.2, -0.15) is 0 Å². The molecule has 0 aliphatic carbocycles. The Balaban J connectivity index is 2.39. The highest BCUT2D eigenvalue weighted by molar-refractivity contribution is 9.10. The van der Waals surface area contributed by atoms with Crippen molar-refractivity contribution in [3.63, 3.8) is 0 Å². The molecule has 0 aliphatic rings. The van der Waals surface area contributed by atoms with Gasteiger partial charge in [0.2, 0.25) is 0 Å². The molecule has 0 spiro atoms. The summed E-state index contributed by atoms with van der Waals surface area (Å²) in [6.45, 7) is 5.34. The molecule has 21 heavy (non-hydrogen) atoms. The van der Waals surface area contributed by atoms with Gasteiger partial charge in [0.1, 0.15) is 16.3 Å². The summed E-state index contributed by atoms with van der Waals surface area (Å²) in [6.07, 6.45) is 0. The Morgan fingerprint density at radius 3 is 2.62 bits per heavy atom. The maximum Gasteiger partial charge on any atom is 0.350 e. The minimum Gasteiger partial charge on any atom is -0.456 e. The van der Waals surface area contributed by atoms with Gasteiger partial charge in [-0.15, -0.1) is 11.3 Å². The Kier molecular flexibility index (Phi) is 4.39. The number of anilines is 1. The van der Waals surface area contributed by atoms with Crippen LogP contribution < -0.4 is 5.73 Å². The van der Waals surface area contributed by atoms with E-state index in [4.69, 9.17) is 10.5 Å². The van der Waals surface area contributed by atoms with Gasteiger partial charge in [0.25, 0.3) is 0 Å². The van der Waals surface area contributed by atoms with Crippen molar-refractivity contribution >= 4 is 38.9 Å². The zero-order valence-corrected chi connectivity index (χ0v) is 14.3. The number of thiophene rings is 1. The second kappa shape index (κ2) is 5.77. The minimum absolute atomic E-state index is 0.291. The molecule has 0 saturated heterocycles. The van der Waals surface area contributed by atoms with E-state index in [1.54, 1.807) is 39.0 Å². The SMILES string of the molecule is CC(C)(C)OC(=O)c1sc(-c2cc(Br)ccc2F)cc1N. The number of hydrogen-bond donors (Lipinski definition) is 1. The summed E-state index contributed by atoms with van der Waals surface area (Å²) in [5, 5.41) is 0. The van der Waals surface area contributed by atoms with Crippen LogP contribution in [0.1, 0.15) is 30.4 Å². The lowest BCUT2D eigenvalue weighted by Gasteiger charge is -2.18. The van der Waals surface area contributed by atoms with Crippen molar-refractivity contribution in [2.75, 3.05) is 5.73 Å². The summed E-state index contributed by atoms with van der Waals surface area (Å²) in [6, 6.07) is 6.22. The van der Waals surface area contributed by atoms with E-state index in [1.165, 1.54) is 6.07 Å². The highest BCUT2D eigenvalue weighted by Gasteiger charge is 2.23. The van der Waals surface area contributed by atoms with Gasteiger partial charge in [-0.05, 0) is 45.0 Å². The number of nitrogen functional groups attached to an aromatic ring is 1. The molecule has 0 saturated carbocycles. The van der Waals surface area contributed by atoms with Crippen LogP contribution in [0.2, 0.25) is 0 Å². The topological polar surface area (TPSA) is 52.3 Å². The molecule has 1 aromatic heterocycles. The van der Waals surface area contributed by atoms with E-state index in [0.29, 0.717) is 21.0 Å². The van der Waals surface area contributed by atoms with Crippen LogP contribution in [0.15, 0.2) is 28.7 Å². The molecule has 2 N–H and O–H groups in total. The molecule has 112 valence electrons. The number of carbonyl (C=O) groups is 1. The van der Waals surface area contributed by atoms with Crippen molar-refractivity contribution in [3.8, 4) is 10.4 Å². The van der Waals surface area contributed by atoms with E-state index < -0.39 is 11.6 Å². The highest BCUT2D eigenvalue weighted by Crippen LogP contribution is 2.36. The van der Waals surface area contributed by atoms with E-state index in [1.807, 2.05) is 0 Å². The molecule has 2 rings (SSSR count). The fourth-order valence-electron chi connectivity index (χ4n) is 1.71. The Morgan fingerprint density at radius 1 is 1.33 bits per heavy atom. The summed E-state index contributed by atoms with van der Waals surface area (Å²) >= 11 is 4.43. The summed E-state index contributed by atoms with van der Waals surface area (Å²) < 4.78 is 19.9. The Morgan fingerprint density at radius 2 is 2.00 bits per heavy atom. The second-order valence-electron chi connectivity index (χ2n) is 5.52. The lowest BCUT2D eigenvalue weighted by Crippen LogP contribution is -2.23. The summed E-state index contributed by atoms with van der Waals surface area (Å²) in [7, 11) is 0. The quantitative estimate of drug-likeness (QED) is 0.767. The maximum atomic E-state index is 13.9. The first kappa shape index (κ1) is 16.0. The van der Waals surface area contributed by atoms with Crippen LogP contribution in [0, 0.1) is 5.82 Å². The number of ether oxygens (including phenoxy) is 1. The number of halogens is 2. The van der Waals surface area contributed by atoms with Crippen molar-refractivity contribution < 1.29 is 13.9 Å². The first-order valence-electron chi connectivity index (χ1n) is 6.25. The van der Waals surface area contributed by atoms with E-state index in [0.717, 1.165) is 15.8 Å². The predicted molar refractivity (Wildman–Crippen MR) is 87.0 cm³/mol. The zero-order valence-electron chi connectivity index (χ0n) is 11.9. The average molecular weight is 372 g/mol. The molecule has 0 amide bonds. The van der Waals surface area contributed by atoms with Crippen LogP contribution in [-0.4, -0.2) is 11.6 Å². The summed E-state index contributed by atoms with van der Waals surface area (Å²) in [5.41, 5.74) is 5.95. The molecule has 0 atom stereocenters. The number of esters is 1. The van der Waals surface area contributed by atoms with Crippen molar-refractivity contribution in [1.29, 1.82) is 0 Å². The Bertz CT molecular complexity index is 691. The number of benzene rings is 1. The molecule has 0 radical (unpaired) electrons. The summed E-state index contributed by atoms with van der Waals surface area (Å²) in [4.78, 5) is 13.0. The van der Waals surface area contributed by atoms with E-state index in [-0.39, 0.29) is 5.82 Å². The number of rotatable bonds is 2. The van der Waals surface area contributed by atoms with Crippen molar-refractivity contribution in [3.05, 3.63) is 39.4 Å². The monoisotopic (exact) mass is 371 g/mol. The molecule has 6 heteroatoms. The van der Waals surface area contributed by atoms with Gasteiger partial charge in [-0.3, -0.25) is 0 Å². The van der Waals surface area contributed by atoms with Gasteiger partial charge in [0, 0.05) is 14.9 Å². The number of carbonyl (C=O) groups excluding carboxylic acids is 1. The van der Waals surface area contributed by atoms with E-state index >= 15 is 0 Å². The van der Waals surface area contributed by atoms with Crippen molar-refractivity contribution in [2.24, 2.45) is 0 Å². The second-order valence-corrected chi connectivity index (χ2v) is 7.49. The standard InChI is InChI=1S/C15H15BrFNO2S/c1-15(2,3)20-14(19)13-11(18)7-12(21-13)9-6-8(16)4-5-10(9)17/h4-7H,18H2,1-3H3. The minimum atomic E-state index is -0.602. The maximum absolute atomic E-state index is 13.9. The first-order chi connectivity index (χ1) is 9.67. The molecule has 1 heterocycles. The average Bonchev–Trinajstić information content (AvgIpc) is 2.72. The van der Waals surface area contributed by atoms with Crippen LogP contribution >= 0.6 is 27.3 Å². The third-order valence-corrected chi connectivity index (χ3v) is 4.20.